The van der Waals surface area contributed by atoms with Crippen LogP contribution in [-0.4, -0.2) is 26.7 Å². The van der Waals surface area contributed by atoms with E-state index in [9.17, 15) is 9.18 Å². The largest absolute Gasteiger partial charge is 0.351 e. The first-order chi connectivity index (χ1) is 9.56. The molecular formula is C13H14ClFN4O. The molecule has 0 saturated carbocycles. The molecule has 0 radical (unpaired) electrons. The van der Waals surface area contributed by atoms with E-state index in [1.807, 2.05) is 6.92 Å². The molecule has 1 atom stereocenters. The van der Waals surface area contributed by atoms with Crippen molar-refractivity contribution in [3.8, 4) is 0 Å². The molecule has 1 N–H and O–H groups in total. The minimum absolute atomic E-state index is 0.0901. The van der Waals surface area contributed by atoms with Gasteiger partial charge in [-0.1, -0.05) is 17.7 Å². The van der Waals surface area contributed by atoms with Crippen molar-refractivity contribution in [2.24, 2.45) is 0 Å². The van der Waals surface area contributed by atoms with E-state index in [1.54, 1.807) is 17.1 Å². The van der Waals surface area contributed by atoms with E-state index < -0.39 is 5.82 Å². The summed E-state index contributed by atoms with van der Waals surface area (Å²) in [5, 5.41) is 6.97. The Bertz CT molecular complexity index is 568. The Morgan fingerprint density at radius 1 is 1.55 bits per heavy atom. The maximum absolute atomic E-state index is 13.6. The Hall–Kier alpha value is -1.95. The molecule has 1 aromatic heterocycles. The quantitative estimate of drug-likeness (QED) is 0.915. The summed E-state index contributed by atoms with van der Waals surface area (Å²) in [5.41, 5.74) is 0.208. The highest BCUT2D eigenvalue weighted by atomic mass is 35.5. The molecule has 0 bridgehead atoms. The van der Waals surface area contributed by atoms with Gasteiger partial charge >= 0.3 is 0 Å². The van der Waals surface area contributed by atoms with Crippen LogP contribution >= 0.6 is 11.6 Å². The van der Waals surface area contributed by atoms with Crippen LogP contribution in [0.2, 0.25) is 5.02 Å². The van der Waals surface area contributed by atoms with Gasteiger partial charge in [0.2, 0.25) is 5.91 Å². The summed E-state index contributed by atoms with van der Waals surface area (Å²) < 4.78 is 15.2. The predicted molar refractivity (Wildman–Crippen MR) is 72.7 cm³/mol. The van der Waals surface area contributed by atoms with Crippen LogP contribution in [0.4, 0.5) is 4.39 Å². The van der Waals surface area contributed by atoms with Crippen molar-refractivity contribution < 1.29 is 9.18 Å². The van der Waals surface area contributed by atoms with Gasteiger partial charge in [-0.15, -0.1) is 0 Å². The lowest BCUT2D eigenvalue weighted by Crippen LogP contribution is -2.36. The fourth-order valence-electron chi connectivity index (χ4n) is 1.84. The summed E-state index contributed by atoms with van der Waals surface area (Å²) in [6.07, 6.45) is 2.90. The van der Waals surface area contributed by atoms with Gasteiger partial charge in [-0.25, -0.2) is 9.37 Å². The first-order valence-corrected chi connectivity index (χ1v) is 6.48. The average Bonchev–Trinajstić information content (AvgIpc) is 2.86. The molecule has 1 amide bonds. The first kappa shape index (κ1) is 14.5. The Morgan fingerprint density at radius 2 is 2.35 bits per heavy atom. The smallest absolute Gasteiger partial charge is 0.224 e. The second-order valence-electron chi connectivity index (χ2n) is 4.46. The maximum Gasteiger partial charge on any atom is 0.224 e. The van der Waals surface area contributed by atoms with Gasteiger partial charge in [0.1, 0.15) is 18.5 Å². The summed E-state index contributed by atoms with van der Waals surface area (Å²) in [4.78, 5) is 15.7. The van der Waals surface area contributed by atoms with E-state index in [-0.39, 0.29) is 29.0 Å². The highest BCUT2D eigenvalue weighted by Crippen LogP contribution is 2.19. The van der Waals surface area contributed by atoms with Crippen molar-refractivity contribution in [2.45, 2.75) is 25.9 Å². The minimum Gasteiger partial charge on any atom is -0.351 e. The number of aromatic nitrogens is 3. The van der Waals surface area contributed by atoms with E-state index in [1.165, 1.54) is 18.5 Å². The van der Waals surface area contributed by atoms with Crippen molar-refractivity contribution >= 4 is 17.5 Å². The van der Waals surface area contributed by atoms with Crippen LogP contribution in [0.3, 0.4) is 0 Å². The molecule has 0 saturated heterocycles. The van der Waals surface area contributed by atoms with Crippen LogP contribution < -0.4 is 5.32 Å². The molecule has 106 valence electrons. The van der Waals surface area contributed by atoms with E-state index in [4.69, 9.17) is 11.6 Å². The van der Waals surface area contributed by atoms with Crippen LogP contribution in [0.25, 0.3) is 0 Å². The zero-order chi connectivity index (χ0) is 14.5. The van der Waals surface area contributed by atoms with Crippen LogP contribution in [0.5, 0.6) is 0 Å². The first-order valence-electron chi connectivity index (χ1n) is 6.11. The summed E-state index contributed by atoms with van der Waals surface area (Å²) in [6, 6.07) is 4.21. The fraction of sp³-hybridized carbons (Fsp3) is 0.308. The molecule has 7 heteroatoms. The number of rotatable bonds is 5. The van der Waals surface area contributed by atoms with Crippen LogP contribution in [-0.2, 0) is 17.8 Å². The molecule has 2 rings (SSSR count). The van der Waals surface area contributed by atoms with Gasteiger partial charge in [-0.05, 0) is 19.1 Å². The highest BCUT2D eigenvalue weighted by molar-refractivity contribution is 6.31. The molecule has 5 nitrogen and oxygen atoms in total. The van der Waals surface area contributed by atoms with E-state index in [0.29, 0.717) is 6.54 Å². The number of nitrogens with one attached hydrogen (secondary N) is 1. The Kier molecular flexibility index (Phi) is 4.68. The van der Waals surface area contributed by atoms with Crippen molar-refractivity contribution in [2.75, 3.05) is 0 Å². The lowest BCUT2D eigenvalue weighted by Gasteiger charge is -2.14. The van der Waals surface area contributed by atoms with Crippen molar-refractivity contribution in [3.63, 3.8) is 0 Å². The topological polar surface area (TPSA) is 59.8 Å². The average molecular weight is 297 g/mol. The number of amides is 1. The van der Waals surface area contributed by atoms with Gasteiger partial charge in [-0.2, -0.15) is 5.10 Å². The molecular weight excluding hydrogens is 283 g/mol. The molecule has 0 spiro atoms. The van der Waals surface area contributed by atoms with E-state index in [0.717, 1.165) is 0 Å². The number of nitrogens with zero attached hydrogens (tertiary/aromatic N) is 3. The second-order valence-corrected chi connectivity index (χ2v) is 4.87. The molecule has 1 heterocycles. The van der Waals surface area contributed by atoms with Crippen molar-refractivity contribution in [1.82, 2.24) is 20.1 Å². The third kappa shape index (κ3) is 3.77. The van der Waals surface area contributed by atoms with Crippen molar-refractivity contribution in [1.29, 1.82) is 0 Å². The van der Waals surface area contributed by atoms with Gasteiger partial charge in [0.25, 0.3) is 0 Å². The molecule has 0 unspecified atom stereocenters. The Morgan fingerprint density at radius 3 is 3.00 bits per heavy atom. The molecule has 20 heavy (non-hydrogen) atoms. The van der Waals surface area contributed by atoms with E-state index in [2.05, 4.69) is 15.4 Å². The zero-order valence-corrected chi connectivity index (χ0v) is 11.6. The fourth-order valence-corrected chi connectivity index (χ4v) is 2.07. The van der Waals surface area contributed by atoms with Gasteiger partial charge in [0, 0.05) is 16.6 Å². The Balaban J connectivity index is 1.92. The molecule has 1 aromatic carbocycles. The summed E-state index contributed by atoms with van der Waals surface area (Å²) in [5.74, 6) is -0.763. The van der Waals surface area contributed by atoms with E-state index >= 15 is 0 Å². The van der Waals surface area contributed by atoms with Crippen LogP contribution in [0, 0.1) is 5.82 Å². The molecule has 0 aliphatic rings. The number of carbonyl (C=O) groups excluding carboxylic acids is 1. The van der Waals surface area contributed by atoms with Gasteiger partial charge in [-0.3, -0.25) is 9.48 Å². The van der Waals surface area contributed by atoms with Crippen LogP contribution in [0.15, 0.2) is 30.9 Å². The molecule has 0 aliphatic carbocycles. The summed E-state index contributed by atoms with van der Waals surface area (Å²) in [6.45, 7) is 2.33. The minimum atomic E-state index is -0.475. The molecule has 0 aliphatic heterocycles. The van der Waals surface area contributed by atoms with Crippen molar-refractivity contribution in [3.05, 3.63) is 47.3 Å². The third-order valence-electron chi connectivity index (χ3n) is 2.73. The summed E-state index contributed by atoms with van der Waals surface area (Å²) >= 11 is 5.88. The normalized spacial score (nSPS) is 12.2. The van der Waals surface area contributed by atoms with Gasteiger partial charge in [0.05, 0.1) is 13.0 Å². The van der Waals surface area contributed by atoms with Gasteiger partial charge < -0.3 is 5.32 Å². The standard InChI is InChI=1S/C13H14ClFN4O/c1-9(6-19-8-16-7-17-19)18-13(20)5-10-11(14)3-2-4-12(10)15/h2-4,7-9H,5-6H2,1H3,(H,18,20)/t9-/m1/s1. The third-order valence-corrected chi connectivity index (χ3v) is 3.09. The highest BCUT2D eigenvalue weighted by Gasteiger charge is 2.14. The zero-order valence-electron chi connectivity index (χ0n) is 10.9. The summed E-state index contributed by atoms with van der Waals surface area (Å²) in [7, 11) is 0. The number of halogens is 2. The monoisotopic (exact) mass is 296 g/mol. The lowest BCUT2D eigenvalue weighted by molar-refractivity contribution is -0.121. The maximum atomic E-state index is 13.6. The number of carbonyl (C=O) groups is 1. The lowest BCUT2D eigenvalue weighted by atomic mass is 10.1. The number of hydrogen-bond donors (Lipinski definition) is 1. The predicted octanol–water partition coefficient (Wildman–Crippen LogP) is 1.82. The second kappa shape index (κ2) is 6.47. The Labute approximate surface area is 120 Å². The van der Waals surface area contributed by atoms with Gasteiger partial charge in [0.15, 0.2) is 0 Å². The molecule has 0 fully saturated rings. The van der Waals surface area contributed by atoms with Crippen LogP contribution in [0.1, 0.15) is 12.5 Å². The number of hydrogen-bond acceptors (Lipinski definition) is 3. The SMILES string of the molecule is C[C@H](Cn1cncn1)NC(=O)Cc1c(F)cccc1Cl. The number of benzene rings is 1. The molecule has 2 aromatic rings.